The molecule has 1 aromatic carbocycles. The molecule has 0 bridgehead atoms. The lowest BCUT2D eigenvalue weighted by molar-refractivity contribution is 0.456. The molecule has 4 heteroatoms. The van der Waals surface area contributed by atoms with Gasteiger partial charge >= 0.3 is 0 Å². The van der Waals surface area contributed by atoms with Gasteiger partial charge in [-0.05, 0) is 43.7 Å². The summed E-state index contributed by atoms with van der Waals surface area (Å²) in [5.41, 5.74) is 1.86. The maximum absolute atomic E-state index is 13.0. The van der Waals surface area contributed by atoms with Gasteiger partial charge in [-0.2, -0.15) is 5.26 Å². The molecule has 0 spiro atoms. The molecule has 0 aliphatic carbocycles. The Kier molecular flexibility index (Phi) is 3.24. The third-order valence-electron chi connectivity index (χ3n) is 2.41. The highest BCUT2D eigenvalue weighted by molar-refractivity contribution is 5.39. The van der Waals surface area contributed by atoms with E-state index in [1.54, 1.807) is 32.0 Å². The quantitative estimate of drug-likeness (QED) is 0.809. The van der Waals surface area contributed by atoms with Crippen molar-refractivity contribution in [3.8, 4) is 17.7 Å². The van der Waals surface area contributed by atoms with E-state index in [0.29, 0.717) is 28.5 Å². The van der Waals surface area contributed by atoms with Gasteiger partial charge in [0, 0.05) is 11.8 Å². The minimum absolute atomic E-state index is 0.310. The molecule has 3 nitrogen and oxygen atoms in total. The van der Waals surface area contributed by atoms with Crippen LogP contribution in [0.25, 0.3) is 0 Å². The molecule has 0 N–H and O–H groups in total. The summed E-state index contributed by atoms with van der Waals surface area (Å²) >= 11 is 0. The number of nitrogens with zero attached hydrogens (tertiary/aromatic N) is 2. The van der Waals surface area contributed by atoms with Gasteiger partial charge in [0.2, 0.25) is 5.88 Å². The maximum atomic E-state index is 13.0. The van der Waals surface area contributed by atoms with Gasteiger partial charge in [0.05, 0.1) is 11.6 Å². The number of hydrogen-bond donors (Lipinski definition) is 0. The van der Waals surface area contributed by atoms with E-state index in [9.17, 15) is 4.39 Å². The van der Waals surface area contributed by atoms with Crippen LogP contribution in [0.1, 0.15) is 16.8 Å². The van der Waals surface area contributed by atoms with E-state index in [4.69, 9.17) is 10.00 Å². The van der Waals surface area contributed by atoms with Crippen molar-refractivity contribution >= 4 is 0 Å². The number of benzene rings is 1. The number of aromatic nitrogens is 1. The second kappa shape index (κ2) is 4.84. The van der Waals surface area contributed by atoms with Crippen LogP contribution in [0.3, 0.4) is 0 Å². The SMILES string of the molecule is Cc1cc(C#N)cc(Oc2ccc(F)cc2C)n1. The first-order chi connectivity index (χ1) is 8.58. The molecule has 0 fully saturated rings. The molecule has 0 atom stereocenters. The number of ether oxygens (including phenoxy) is 1. The minimum atomic E-state index is -0.310. The average Bonchev–Trinajstić information content (AvgIpc) is 2.32. The van der Waals surface area contributed by atoms with Crippen molar-refractivity contribution in [1.82, 2.24) is 4.98 Å². The molecule has 90 valence electrons. The Hall–Kier alpha value is -2.41. The third-order valence-corrected chi connectivity index (χ3v) is 2.41. The van der Waals surface area contributed by atoms with Crippen LogP contribution in [-0.2, 0) is 0 Å². The topological polar surface area (TPSA) is 45.9 Å². The zero-order valence-electron chi connectivity index (χ0n) is 10.1. The third kappa shape index (κ3) is 2.64. The minimum Gasteiger partial charge on any atom is -0.439 e. The number of hydrogen-bond acceptors (Lipinski definition) is 3. The molecular formula is C14H11FN2O. The van der Waals surface area contributed by atoms with Crippen molar-refractivity contribution in [2.75, 3.05) is 0 Å². The largest absolute Gasteiger partial charge is 0.439 e. The van der Waals surface area contributed by atoms with Gasteiger partial charge in [-0.1, -0.05) is 0 Å². The Morgan fingerprint density at radius 3 is 2.67 bits per heavy atom. The molecule has 1 aromatic heterocycles. The zero-order valence-corrected chi connectivity index (χ0v) is 10.1. The van der Waals surface area contributed by atoms with E-state index in [0.717, 1.165) is 0 Å². The predicted octanol–water partition coefficient (Wildman–Crippen LogP) is 3.50. The molecule has 0 aliphatic rings. The molecule has 0 radical (unpaired) electrons. The molecule has 0 amide bonds. The number of pyridine rings is 1. The summed E-state index contributed by atoms with van der Waals surface area (Å²) < 4.78 is 18.5. The second-order valence-electron chi connectivity index (χ2n) is 3.96. The lowest BCUT2D eigenvalue weighted by Gasteiger charge is -2.08. The second-order valence-corrected chi connectivity index (χ2v) is 3.96. The summed E-state index contributed by atoms with van der Waals surface area (Å²) in [5.74, 6) is 0.550. The Labute approximate surface area is 104 Å². The lowest BCUT2D eigenvalue weighted by atomic mass is 10.2. The fraction of sp³-hybridized carbons (Fsp3) is 0.143. The van der Waals surface area contributed by atoms with E-state index in [1.807, 2.05) is 6.07 Å². The van der Waals surface area contributed by atoms with E-state index in [-0.39, 0.29) is 5.82 Å². The molecule has 0 saturated heterocycles. The predicted molar refractivity (Wildman–Crippen MR) is 64.9 cm³/mol. The number of halogens is 1. The molecule has 0 unspecified atom stereocenters. The van der Waals surface area contributed by atoms with Gasteiger partial charge in [-0.3, -0.25) is 0 Å². The lowest BCUT2D eigenvalue weighted by Crippen LogP contribution is -1.93. The smallest absolute Gasteiger partial charge is 0.220 e. The molecule has 2 rings (SSSR count). The summed E-state index contributed by atoms with van der Waals surface area (Å²) in [6, 6.07) is 9.51. The van der Waals surface area contributed by atoms with Crippen LogP contribution in [0.5, 0.6) is 11.6 Å². The maximum Gasteiger partial charge on any atom is 0.220 e. The fourth-order valence-corrected chi connectivity index (χ4v) is 1.59. The molecule has 18 heavy (non-hydrogen) atoms. The van der Waals surface area contributed by atoms with Gasteiger partial charge in [0.25, 0.3) is 0 Å². The van der Waals surface area contributed by atoms with Gasteiger partial charge in [-0.25, -0.2) is 9.37 Å². The summed E-state index contributed by atoms with van der Waals surface area (Å²) in [5, 5.41) is 8.86. The summed E-state index contributed by atoms with van der Waals surface area (Å²) in [6.07, 6.45) is 0. The monoisotopic (exact) mass is 242 g/mol. The normalized spacial score (nSPS) is 9.89. The highest BCUT2D eigenvalue weighted by atomic mass is 19.1. The highest BCUT2D eigenvalue weighted by Gasteiger charge is 2.05. The van der Waals surface area contributed by atoms with Crippen molar-refractivity contribution < 1.29 is 9.13 Å². The first-order valence-electron chi connectivity index (χ1n) is 5.41. The van der Waals surface area contributed by atoms with E-state index < -0.39 is 0 Å². The van der Waals surface area contributed by atoms with E-state index in [2.05, 4.69) is 4.98 Å². The number of nitriles is 1. The van der Waals surface area contributed by atoms with Gasteiger partial charge in [0.15, 0.2) is 0 Å². The van der Waals surface area contributed by atoms with Gasteiger partial charge in [-0.15, -0.1) is 0 Å². The average molecular weight is 242 g/mol. The Morgan fingerprint density at radius 2 is 2.00 bits per heavy atom. The number of aryl methyl sites for hydroxylation is 2. The van der Waals surface area contributed by atoms with Crippen LogP contribution in [0, 0.1) is 31.0 Å². The summed E-state index contributed by atoms with van der Waals surface area (Å²) in [7, 11) is 0. The van der Waals surface area contributed by atoms with Crippen molar-refractivity contribution in [2.24, 2.45) is 0 Å². The van der Waals surface area contributed by atoms with Crippen LogP contribution < -0.4 is 4.74 Å². The summed E-state index contributed by atoms with van der Waals surface area (Å²) in [6.45, 7) is 3.53. The highest BCUT2D eigenvalue weighted by Crippen LogP contribution is 2.25. The van der Waals surface area contributed by atoms with Crippen molar-refractivity contribution in [1.29, 1.82) is 5.26 Å². The first-order valence-corrected chi connectivity index (χ1v) is 5.41. The molecule has 0 aliphatic heterocycles. The van der Waals surface area contributed by atoms with Crippen LogP contribution in [0.2, 0.25) is 0 Å². The van der Waals surface area contributed by atoms with Crippen LogP contribution in [0.4, 0.5) is 4.39 Å². The Morgan fingerprint density at radius 1 is 1.22 bits per heavy atom. The fourth-order valence-electron chi connectivity index (χ4n) is 1.59. The molecular weight excluding hydrogens is 231 g/mol. The molecule has 2 aromatic rings. The van der Waals surface area contributed by atoms with Gasteiger partial charge < -0.3 is 4.74 Å². The van der Waals surface area contributed by atoms with Crippen molar-refractivity contribution in [3.63, 3.8) is 0 Å². The van der Waals surface area contributed by atoms with Crippen molar-refractivity contribution in [2.45, 2.75) is 13.8 Å². The van der Waals surface area contributed by atoms with Crippen molar-refractivity contribution in [3.05, 3.63) is 53.0 Å². The Bertz CT molecular complexity index is 632. The van der Waals surface area contributed by atoms with Crippen LogP contribution >= 0.6 is 0 Å². The standard InChI is InChI=1S/C14H11FN2O/c1-9-5-12(15)3-4-13(9)18-14-7-11(8-16)6-10(2)17-14/h3-7H,1-2H3. The number of rotatable bonds is 2. The Balaban J connectivity index is 2.34. The zero-order chi connectivity index (χ0) is 13.1. The van der Waals surface area contributed by atoms with E-state index >= 15 is 0 Å². The molecule has 1 heterocycles. The summed E-state index contributed by atoms with van der Waals surface area (Å²) in [4.78, 5) is 4.17. The molecule has 0 saturated carbocycles. The first kappa shape index (κ1) is 12.1. The van der Waals surface area contributed by atoms with E-state index in [1.165, 1.54) is 12.1 Å². The van der Waals surface area contributed by atoms with Crippen LogP contribution in [0.15, 0.2) is 30.3 Å². The van der Waals surface area contributed by atoms with Crippen LogP contribution in [-0.4, -0.2) is 4.98 Å². The van der Waals surface area contributed by atoms with Gasteiger partial charge in [0.1, 0.15) is 11.6 Å².